The number of hydrogen-bond donors (Lipinski definition) is 0. The Balaban J connectivity index is 2.24. The van der Waals surface area contributed by atoms with Gasteiger partial charge in [-0.3, -0.25) is 0 Å². The van der Waals surface area contributed by atoms with Crippen molar-refractivity contribution in [3.63, 3.8) is 0 Å². The molecule has 0 fully saturated rings. The quantitative estimate of drug-likeness (QED) is 0.692. The average molecular weight is 298 g/mol. The fourth-order valence-corrected chi connectivity index (χ4v) is 3.50. The Hall–Kier alpha value is -1.78. The number of hydrogen-bond acceptors (Lipinski definition) is 2. The normalized spacial score (nSPS) is 12.8. The number of benzene rings is 2. The molecule has 108 valence electrons. The fourth-order valence-electron chi connectivity index (χ4n) is 2.56. The van der Waals surface area contributed by atoms with Gasteiger partial charge in [-0.1, -0.05) is 18.2 Å². The van der Waals surface area contributed by atoms with Crippen LogP contribution >= 0.6 is 0 Å². The molecule has 1 heterocycles. The molecule has 0 aliphatic heterocycles. The van der Waals surface area contributed by atoms with Gasteiger partial charge in [-0.2, -0.15) is 0 Å². The molecule has 0 N–H and O–H groups in total. The van der Waals surface area contributed by atoms with E-state index in [0.29, 0.717) is 5.75 Å². The highest BCUT2D eigenvalue weighted by molar-refractivity contribution is 7.91. The Morgan fingerprint density at radius 1 is 1.19 bits per heavy atom. The summed E-state index contributed by atoms with van der Waals surface area (Å²) in [6.45, 7) is 4.00. The van der Waals surface area contributed by atoms with Gasteiger partial charge in [-0.05, 0) is 54.9 Å². The van der Waals surface area contributed by atoms with Gasteiger partial charge >= 0.3 is 0 Å². The number of nitrogens with zero attached hydrogens (tertiary/aromatic N) is 2. The van der Waals surface area contributed by atoms with Crippen molar-refractivity contribution < 1.29 is 4.55 Å². The second-order valence-electron chi connectivity index (χ2n) is 5.12. The highest BCUT2D eigenvalue weighted by Crippen LogP contribution is 2.29. The minimum absolute atomic E-state index is 0.611. The van der Waals surface area contributed by atoms with Crippen LogP contribution in [0.3, 0.4) is 0 Å². The van der Waals surface area contributed by atoms with Crippen molar-refractivity contribution in [3.8, 4) is 11.4 Å². The van der Waals surface area contributed by atoms with E-state index in [2.05, 4.69) is 29.7 Å². The highest BCUT2D eigenvalue weighted by Gasteiger charge is 2.19. The molecule has 0 aliphatic carbocycles. The predicted molar refractivity (Wildman–Crippen MR) is 87.8 cm³/mol. The minimum Gasteiger partial charge on any atom is -0.611 e. The molecule has 0 saturated carbocycles. The zero-order valence-electron chi connectivity index (χ0n) is 12.5. The molecule has 0 bridgehead atoms. The van der Waals surface area contributed by atoms with Crippen LogP contribution in [0.2, 0.25) is 0 Å². The molecular weight excluding hydrogens is 280 g/mol. The number of aromatic nitrogens is 2. The third kappa shape index (κ3) is 2.45. The monoisotopic (exact) mass is 298 g/mol. The Morgan fingerprint density at radius 3 is 2.71 bits per heavy atom. The van der Waals surface area contributed by atoms with Crippen molar-refractivity contribution in [3.05, 3.63) is 48.0 Å². The van der Waals surface area contributed by atoms with Crippen molar-refractivity contribution in [1.29, 1.82) is 0 Å². The lowest BCUT2D eigenvalue weighted by Crippen LogP contribution is -2.07. The molecular formula is C17H18N2OS. The molecule has 3 aromatic rings. The molecule has 0 saturated heterocycles. The summed E-state index contributed by atoms with van der Waals surface area (Å²) >= 11 is -0.990. The SMILES string of the molecule is CC[S+]([O-])c1ccccc1-c1nc2cc(C)ccc2n1C. The first-order chi connectivity index (χ1) is 10.1. The third-order valence-electron chi connectivity index (χ3n) is 3.67. The zero-order chi connectivity index (χ0) is 15.0. The number of fused-ring (bicyclic) bond motifs is 1. The van der Waals surface area contributed by atoms with E-state index in [1.165, 1.54) is 5.56 Å². The molecule has 2 aromatic carbocycles. The molecule has 0 radical (unpaired) electrons. The van der Waals surface area contributed by atoms with Crippen LogP contribution in [0.25, 0.3) is 22.4 Å². The van der Waals surface area contributed by atoms with Crippen molar-refractivity contribution in [2.45, 2.75) is 18.7 Å². The van der Waals surface area contributed by atoms with Crippen LogP contribution in [0.5, 0.6) is 0 Å². The van der Waals surface area contributed by atoms with Gasteiger partial charge in [0.2, 0.25) is 0 Å². The summed E-state index contributed by atoms with van der Waals surface area (Å²) in [7, 11) is 2.01. The van der Waals surface area contributed by atoms with Crippen molar-refractivity contribution in [1.82, 2.24) is 9.55 Å². The first-order valence-electron chi connectivity index (χ1n) is 7.02. The second kappa shape index (κ2) is 5.54. The number of rotatable bonds is 3. The first-order valence-corrected chi connectivity index (χ1v) is 8.34. The van der Waals surface area contributed by atoms with Crippen LogP contribution in [0.4, 0.5) is 0 Å². The summed E-state index contributed by atoms with van der Waals surface area (Å²) < 4.78 is 14.3. The maximum atomic E-state index is 12.3. The lowest BCUT2D eigenvalue weighted by atomic mass is 10.2. The van der Waals surface area contributed by atoms with Crippen LogP contribution in [0, 0.1) is 6.92 Å². The Kier molecular flexibility index (Phi) is 3.74. The van der Waals surface area contributed by atoms with E-state index in [4.69, 9.17) is 4.98 Å². The van der Waals surface area contributed by atoms with Gasteiger partial charge in [0.25, 0.3) is 0 Å². The van der Waals surface area contributed by atoms with Gasteiger partial charge in [0.05, 0.1) is 16.6 Å². The van der Waals surface area contributed by atoms with Crippen LogP contribution in [0.1, 0.15) is 12.5 Å². The molecule has 3 nitrogen and oxygen atoms in total. The van der Waals surface area contributed by atoms with Crippen LogP contribution in [-0.2, 0) is 18.2 Å². The highest BCUT2D eigenvalue weighted by atomic mass is 32.2. The summed E-state index contributed by atoms with van der Waals surface area (Å²) in [5.41, 5.74) is 4.21. The topological polar surface area (TPSA) is 40.9 Å². The minimum atomic E-state index is -0.990. The van der Waals surface area contributed by atoms with E-state index in [1.807, 2.05) is 38.2 Å². The molecule has 1 unspecified atom stereocenters. The van der Waals surface area contributed by atoms with E-state index >= 15 is 0 Å². The van der Waals surface area contributed by atoms with Gasteiger partial charge in [-0.25, -0.2) is 4.98 Å². The van der Waals surface area contributed by atoms with E-state index in [1.54, 1.807) is 0 Å². The smallest absolute Gasteiger partial charge is 0.163 e. The average Bonchev–Trinajstić information content (AvgIpc) is 2.82. The van der Waals surface area contributed by atoms with Crippen molar-refractivity contribution in [2.24, 2.45) is 7.05 Å². The van der Waals surface area contributed by atoms with Gasteiger partial charge < -0.3 is 9.12 Å². The van der Waals surface area contributed by atoms with Gasteiger partial charge in [0.15, 0.2) is 4.90 Å². The summed E-state index contributed by atoms with van der Waals surface area (Å²) in [4.78, 5) is 5.61. The molecule has 1 aromatic heterocycles. The van der Waals surface area contributed by atoms with Gasteiger partial charge in [0, 0.05) is 7.05 Å². The Morgan fingerprint density at radius 2 is 1.95 bits per heavy atom. The zero-order valence-corrected chi connectivity index (χ0v) is 13.3. The molecule has 0 aliphatic rings. The molecule has 3 rings (SSSR count). The van der Waals surface area contributed by atoms with E-state index in [9.17, 15) is 4.55 Å². The maximum absolute atomic E-state index is 12.3. The molecule has 4 heteroatoms. The summed E-state index contributed by atoms with van der Waals surface area (Å²) in [6, 6.07) is 14.1. The van der Waals surface area contributed by atoms with Gasteiger partial charge in [0.1, 0.15) is 11.6 Å². The van der Waals surface area contributed by atoms with E-state index in [-0.39, 0.29) is 0 Å². The van der Waals surface area contributed by atoms with Gasteiger partial charge in [-0.15, -0.1) is 0 Å². The molecule has 1 atom stereocenters. The van der Waals surface area contributed by atoms with Crippen molar-refractivity contribution >= 4 is 22.2 Å². The fraction of sp³-hybridized carbons (Fsp3) is 0.235. The lowest BCUT2D eigenvalue weighted by molar-refractivity contribution is 0.596. The Bertz CT molecular complexity index is 795. The predicted octanol–water partition coefficient (Wildman–Crippen LogP) is 3.68. The van der Waals surface area contributed by atoms with Crippen LogP contribution in [-0.4, -0.2) is 19.9 Å². The van der Waals surface area contributed by atoms with Crippen molar-refractivity contribution in [2.75, 3.05) is 5.75 Å². The number of aryl methyl sites for hydroxylation is 2. The second-order valence-corrected chi connectivity index (χ2v) is 6.83. The molecule has 0 spiro atoms. The van der Waals surface area contributed by atoms with E-state index < -0.39 is 11.2 Å². The number of imidazole rings is 1. The summed E-state index contributed by atoms with van der Waals surface area (Å²) in [5.74, 6) is 1.48. The van der Waals surface area contributed by atoms with E-state index in [0.717, 1.165) is 27.3 Å². The molecule has 21 heavy (non-hydrogen) atoms. The maximum Gasteiger partial charge on any atom is 0.163 e. The summed E-state index contributed by atoms with van der Waals surface area (Å²) in [6.07, 6.45) is 0. The molecule has 0 amide bonds. The standard InChI is InChI=1S/C17H18N2OS/c1-4-21(20)16-8-6-5-7-13(16)17-18-14-11-12(2)9-10-15(14)19(17)3/h5-11H,4H2,1-3H3. The van der Waals surface area contributed by atoms with Crippen LogP contribution in [0.15, 0.2) is 47.4 Å². The first kappa shape index (κ1) is 14.2. The summed E-state index contributed by atoms with van der Waals surface area (Å²) in [5, 5.41) is 0. The Labute approximate surface area is 127 Å². The van der Waals surface area contributed by atoms with Crippen LogP contribution < -0.4 is 0 Å². The third-order valence-corrected chi connectivity index (χ3v) is 5.04. The lowest BCUT2D eigenvalue weighted by Gasteiger charge is -2.12. The largest absolute Gasteiger partial charge is 0.611 e.